The van der Waals surface area contributed by atoms with E-state index in [4.69, 9.17) is 16.1 Å². The molecular formula is C10H10ClN7O. The Morgan fingerprint density at radius 1 is 1.42 bits per heavy atom. The van der Waals surface area contributed by atoms with Crippen molar-refractivity contribution in [1.82, 2.24) is 29.7 Å². The van der Waals surface area contributed by atoms with Gasteiger partial charge in [-0.1, -0.05) is 16.8 Å². The molecule has 0 spiro atoms. The largest absolute Gasteiger partial charge is 0.369 e. The van der Waals surface area contributed by atoms with E-state index in [-0.39, 0.29) is 0 Å². The van der Waals surface area contributed by atoms with Crippen LogP contribution in [0.1, 0.15) is 11.7 Å². The number of rotatable bonds is 4. The van der Waals surface area contributed by atoms with Crippen LogP contribution < -0.4 is 5.32 Å². The van der Waals surface area contributed by atoms with Gasteiger partial charge in [0, 0.05) is 26.0 Å². The Balaban J connectivity index is 1.73. The third-order valence-electron chi connectivity index (χ3n) is 2.44. The molecule has 3 heterocycles. The van der Waals surface area contributed by atoms with Gasteiger partial charge in [-0.2, -0.15) is 24.6 Å². The lowest BCUT2D eigenvalue weighted by molar-refractivity contribution is 0.387. The van der Waals surface area contributed by atoms with Crippen LogP contribution >= 0.6 is 11.6 Å². The fourth-order valence-electron chi connectivity index (χ4n) is 1.65. The molecule has 0 aliphatic heterocycles. The van der Waals surface area contributed by atoms with Gasteiger partial charge in [0.1, 0.15) is 17.3 Å². The second kappa shape index (κ2) is 4.81. The van der Waals surface area contributed by atoms with E-state index in [2.05, 4.69) is 30.5 Å². The molecule has 0 aromatic carbocycles. The molecule has 0 aliphatic carbocycles. The molecule has 0 fully saturated rings. The van der Waals surface area contributed by atoms with E-state index in [0.717, 1.165) is 0 Å². The van der Waals surface area contributed by atoms with Gasteiger partial charge in [-0.05, 0) is 0 Å². The highest BCUT2D eigenvalue weighted by atomic mass is 35.5. The van der Waals surface area contributed by atoms with Crippen LogP contribution in [0.25, 0.3) is 5.78 Å². The zero-order chi connectivity index (χ0) is 13.2. The molecule has 3 rings (SSSR count). The Morgan fingerprint density at radius 2 is 2.32 bits per heavy atom. The molecule has 1 N–H and O–H groups in total. The van der Waals surface area contributed by atoms with Crippen LogP contribution in [0, 0.1) is 6.92 Å². The van der Waals surface area contributed by atoms with Crippen molar-refractivity contribution < 1.29 is 4.52 Å². The van der Waals surface area contributed by atoms with Crippen LogP contribution in [-0.2, 0) is 6.42 Å². The number of nitrogens with zero attached hydrogens (tertiary/aromatic N) is 6. The fourth-order valence-corrected chi connectivity index (χ4v) is 1.83. The lowest BCUT2D eigenvalue weighted by atomic mass is 10.4. The molecule has 0 radical (unpaired) electrons. The second-order valence-corrected chi connectivity index (χ2v) is 4.23. The standard InChI is InChI=1S/C10H10ClN7O/c1-6-15-8(17-19-6)2-3-12-9-4-7(11)16-10-13-5-14-18(9)10/h4-5,12H,2-3H2,1H3. The van der Waals surface area contributed by atoms with Gasteiger partial charge in [0.2, 0.25) is 5.89 Å². The molecule has 3 aromatic rings. The summed E-state index contributed by atoms with van der Waals surface area (Å²) in [6.07, 6.45) is 2.06. The number of aromatic nitrogens is 6. The minimum absolute atomic E-state index is 0.360. The third kappa shape index (κ3) is 2.48. The lowest BCUT2D eigenvalue weighted by Crippen LogP contribution is -2.10. The van der Waals surface area contributed by atoms with E-state index < -0.39 is 0 Å². The SMILES string of the molecule is Cc1nc(CCNc2cc(Cl)nc3ncnn23)no1. The Hall–Kier alpha value is -2.22. The van der Waals surface area contributed by atoms with Crippen LogP contribution in [0.5, 0.6) is 0 Å². The number of hydrogen-bond donors (Lipinski definition) is 1. The molecule has 0 bridgehead atoms. The quantitative estimate of drug-likeness (QED) is 0.715. The lowest BCUT2D eigenvalue weighted by Gasteiger charge is -2.06. The summed E-state index contributed by atoms with van der Waals surface area (Å²) in [5.41, 5.74) is 0. The number of fused-ring (bicyclic) bond motifs is 1. The number of hydrogen-bond acceptors (Lipinski definition) is 7. The molecule has 0 unspecified atom stereocenters. The number of halogens is 1. The molecule has 0 saturated carbocycles. The molecule has 0 amide bonds. The van der Waals surface area contributed by atoms with Gasteiger partial charge < -0.3 is 9.84 Å². The van der Waals surface area contributed by atoms with Crippen LogP contribution in [-0.4, -0.2) is 36.3 Å². The minimum Gasteiger partial charge on any atom is -0.369 e. The van der Waals surface area contributed by atoms with Crippen molar-refractivity contribution in [2.24, 2.45) is 0 Å². The first-order valence-corrected chi connectivity index (χ1v) is 5.99. The van der Waals surface area contributed by atoms with Crippen LogP contribution in [0.3, 0.4) is 0 Å². The first kappa shape index (κ1) is 11.8. The normalized spacial score (nSPS) is 11.1. The monoisotopic (exact) mass is 279 g/mol. The maximum atomic E-state index is 5.91. The maximum absolute atomic E-state index is 5.91. The van der Waals surface area contributed by atoms with Crippen molar-refractivity contribution in [2.75, 3.05) is 11.9 Å². The van der Waals surface area contributed by atoms with Crippen molar-refractivity contribution in [3.05, 3.63) is 29.3 Å². The number of nitrogens with one attached hydrogen (secondary N) is 1. The fraction of sp³-hybridized carbons (Fsp3) is 0.300. The molecule has 19 heavy (non-hydrogen) atoms. The van der Waals surface area contributed by atoms with E-state index in [1.165, 1.54) is 6.33 Å². The van der Waals surface area contributed by atoms with Gasteiger partial charge in [-0.3, -0.25) is 0 Å². The molecule has 3 aromatic heterocycles. The van der Waals surface area contributed by atoms with E-state index in [0.29, 0.717) is 41.4 Å². The highest BCUT2D eigenvalue weighted by Crippen LogP contribution is 2.14. The van der Waals surface area contributed by atoms with Crippen molar-refractivity contribution in [1.29, 1.82) is 0 Å². The highest BCUT2D eigenvalue weighted by molar-refractivity contribution is 6.29. The molecule has 0 aliphatic rings. The third-order valence-corrected chi connectivity index (χ3v) is 2.64. The molecule has 8 nitrogen and oxygen atoms in total. The number of aryl methyl sites for hydroxylation is 1. The summed E-state index contributed by atoms with van der Waals surface area (Å²) in [6, 6.07) is 1.69. The Morgan fingerprint density at radius 3 is 3.11 bits per heavy atom. The van der Waals surface area contributed by atoms with Crippen molar-refractivity contribution in [2.45, 2.75) is 13.3 Å². The average Bonchev–Trinajstić information content (AvgIpc) is 2.98. The van der Waals surface area contributed by atoms with Gasteiger partial charge in [0.05, 0.1) is 0 Å². The van der Waals surface area contributed by atoms with Crippen molar-refractivity contribution >= 4 is 23.2 Å². The zero-order valence-electron chi connectivity index (χ0n) is 10.0. The zero-order valence-corrected chi connectivity index (χ0v) is 10.8. The summed E-state index contributed by atoms with van der Waals surface area (Å²) in [6.45, 7) is 2.37. The summed E-state index contributed by atoms with van der Waals surface area (Å²) < 4.78 is 6.47. The summed E-state index contributed by atoms with van der Waals surface area (Å²) in [4.78, 5) is 12.1. The van der Waals surface area contributed by atoms with Gasteiger partial charge >= 0.3 is 0 Å². The number of anilines is 1. The van der Waals surface area contributed by atoms with Gasteiger partial charge in [0.15, 0.2) is 5.82 Å². The topological polar surface area (TPSA) is 94.0 Å². The van der Waals surface area contributed by atoms with E-state index in [1.54, 1.807) is 17.5 Å². The summed E-state index contributed by atoms with van der Waals surface area (Å²) in [5, 5.41) is 11.4. The molecular weight excluding hydrogens is 270 g/mol. The van der Waals surface area contributed by atoms with Crippen LogP contribution in [0.4, 0.5) is 5.82 Å². The molecule has 9 heteroatoms. The first-order valence-electron chi connectivity index (χ1n) is 5.62. The maximum Gasteiger partial charge on any atom is 0.255 e. The van der Waals surface area contributed by atoms with Crippen molar-refractivity contribution in [3.8, 4) is 0 Å². The predicted molar refractivity (Wildman–Crippen MR) is 67.0 cm³/mol. The Labute approximate surface area is 112 Å². The predicted octanol–water partition coefficient (Wildman–Crippen LogP) is 1.12. The van der Waals surface area contributed by atoms with Crippen molar-refractivity contribution in [3.63, 3.8) is 0 Å². The van der Waals surface area contributed by atoms with Crippen LogP contribution in [0.2, 0.25) is 5.15 Å². The summed E-state index contributed by atoms with van der Waals surface area (Å²) in [5.74, 6) is 2.37. The van der Waals surface area contributed by atoms with Gasteiger partial charge in [-0.15, -0.1) is 0 Å². The Bertz CT molecular complexity index is 707. The Kier molecular flexibility index (Phi) is 3.00. The minimum atomic E-state index is 0.360. The van der Waals surface area contributed by atoms with E-state index in [1.807, 2.05) is 0 Å². The molecule has 98 valence electrons. The van der Waals surface area contributed by atoms with Gasteiger partial charge in [0.25, 0.3) is 5.78 Å². The smallest absolute Gasteiger partial charge is 0.255 e. The summed E-state index contributed by atoms with van der Waals surface area (Å²) in [7, 11) is 0. The second-order valence-electron chi connectivity index (χ2n) is 3.84. The molecule has 0 atom stereocenters. The average molecular weight is 280 g/mol. The summed E-state index contributed by atoms with van der Waals surface area (Å²) >= 11 is 5.91. The van der Waals surface area contributed by atoms with E-state index in [9.17, 15) is 0 Å². The molecule has 0 saturated heterocycles. The van der Waals surface area contributed by atoms with Gasteiger partial charge in [-0.25, -0.2) is 0 Å². The first-order chi connectivity index (χ1) is 9.22. The van der Waals surface area contributed by atoms with Crippen LogP contribution in [0.15, 0.2) is 16.9 Å². The van der Waals surface area contributed by atoms with E-state index >= 15 is 0 Å². The highest BCUT2D eigenvalue weighted by Gasteiger charge is 2.07.